The molecule has 1 amide bonds. The molecule has 2 rings (SSSR count). The molecule has 122 valence electrons. The van der Waals surface area contributed by atoms with Gasteiger partial charge in [-0.1, -0.05) is 11.8 Å². The van der Waals surface area contributed by atoms with Crippen molar-refractivity contribution >= 4 is 35.3 Å². The van der Waals surface area contributed by atoms with Gasteiger partial charge in [0.05, 0.1) is 11.9 Å². The quantitative estimate of drug-likeness (QED) is 0.679. The van der Waals surface area contributed by atoms with Gasteiger partial charge in [-0.25, -0.2) is 0 Å². The standard InChI is InChI=1S/C14H18N6O2S/c1-3-22-10-6-4-9(5-7-10)17-11(21)8(2)23-14-19-12(15)18-13(16)20-14/h4-8H,3H2,1-2H3,(H,17,21)(H4,15,16,18,19,20)/t8-/m1/s1. The number of anilines is 3. The zero-order chi connectivity index (χ0) is 16.8. The van der Waals surface area contributed by atoms with Crippen LogP contribution in [-0.2, 0) is 4.79 Å². The molecule has 0 aliphatic rings. The molecule has 0 fully saturated rings. The van der Waals surface area contributed by atoms with Crippen LogP contribution in [0.2, 0.25) is 0 Å². The van der Waals surface area contributed by atoms with Crippen LogP contribution in [0.4, 0.5) is 17.6 Å². The predicted molar refractivity (Wildman–Crippen MR) is 90.2 cm³/mol. The van der Waals surface area contributed by atoms with Crippen LogP contribution >= 0.6 is 11.8 Å². The fourth-order valence-corrected chi connectivity index (χ4v) is 2.47. The van der Waals surface area contributed by atoms with Gasteiger partial charge < -0.3 is 21.5 Å². The Morgan fingerprint density at radius 3 is 2.39 bits per heavy atom. The van der Waals surface area contributed by atoms with E-state index in [9.17, 15) is 4.79 Å². The summed E-state index contributed by atoms with van der Waals surface area (Å²) < 4.78 is 5.35. The van der Waals surface area contributed by atoms with Crippen LogP contribution in [-0.4, -0.2) is 32.7 Å². The second kappa shape index (κ2) is 7.63. The molecule has 0 bridgehead atoms. The molecule has 1 heterocycles. The fourth-order valence-electron chi connectivity index (χ4n) is 1.70. The first-order valence-corrected chi connectivity index (χ1v) is 7.83. The number of benzene rings is 1. The third-order valence-electron chi connectivity index (χ3n) is 2.73. The first kappa shape index (κ1) is 16.8. The summed E-state index contributed by atoms with van der Waals surface area (Å²) in [5.41, 5.74) is 11.7. The maximum absolute atomic E-state index is 12.2. The van der Waals surface area contributed by atoms with Crippen LogP contribution < -0.4 is 21.5 Å². The van der Waals surface area contributed by atoms with E-state index in [-0.39, 0.29) is 17.8 Å². The lowest BCUT2D eigenvalue weighted by molar-refractivity contribution is -0.115. The number of carbonyl (C=O) groups is 1. The Bertz CT molecular complexity index is 659. The van der Waals surface area contributed by atoms with Crippen molar-refractivity contribution in [2.24, 2.45) is 0 Å². The summed E-state index contributed by atoms with van der Waals surface area (Å²) >= 11 is 1.15. The number of thioether (sulfide) groups is 1. The van der Waals surface area contributed by atoms with Crippen LogP contribution in [0.3, 0.4) is 0 Å². The molecule has 0 aliphatic heterocycles. The second-order valence-electron chi connectivity index (χ2n) is 4.54. The monoisotopic (exact) mass is 334 g/mol. The van der Waals surface area contributed by atoms with Crippen molar-refractivity contribution < 1.29 is 9.53 Å². The lowest BCUT2D eigenvalue weighted by atomic mass is 10.3. The fraction of sp³-hybridized carbons (Fsp3) is 0.286. The number of aromatic nitrogens is 3. The predicted octanol–water partition coefficient (Wildman–Crippen LogP) is 1.55. The Balaban J connectivity index is 1.96. The number of nitrogen functional groups attached to an aromatic ring is 2. The number of carbonyl (C=O) groups excluding carboxylic acids is 1. The first-order valence-electron chi connectivity index (χ1n) is 6.95. The van der Waals surface area contributed by atoms with Gasteiger partial charge in [0.15, 0.2) is 5.16 Å². The van der Waals surface area contributed by atoms with Crippen LogP contribution in [0.1, 0.15) is 13.8 Å². The van der Waals surface area contributed by atoms with Crippen LogP contribution in [0.15, 0.2) is 29.4 Å². The molecule has 0 saturated heterocycles. The van der Waals surface area contributed by atoms with Gasteiger partial charge in [-0.2, -0.15) is 15.0 Å². The molecule has 0 radical (unpaired) electrons. The van der Waals surface area contributed by atoms with E-state index in [1.165, 1.54) is 0 Å². The van der Waals surface area contributed by atoms with Gasteiger partial charge >= 0.3 is 0 Å². The topological polar surface area (TPSA) is 129 Å². The number of nitrogens with two attached hydrogens (primary N) is 2. The number of nitrogens with zero attached hydrogens (tertiary/aromatic N) is 3. The summed E-state index contributed by atoms with van der Waals surface area (Å²) in [7, 11) is 0. The number of ether oxygens (including phenoxy) is 1. The highest BCUT2D eigenvalue weighted by atomic mass is 32.2. The van der Waals surface area contributed by atoms with Crippen LogP contribution in [0.5, 0.6) is 5.75 Å². The van der Waals surface area contributed by atoms with Crippen molar-refractivity contribution in [2.45, 2.75) is 24.3 Å². The zero-order valence-electron chi connectivity index (χ0n) is 12.8. The summed E-state index contributed by atoms with van der Waals surface area (Å²) in [4.78, 5) is 23.8. The third kappa shape index (κ3) is 4.99. The number of rotatable bonds is 6. The van der Waals surface area contributed by atoms with Crippen LogP contribution in [0.25, 0.3) is 0 Å². The first-order chi connectivity index (χ1) is 11.0. The number of amides is 1. The van der Waals surface area contributed by atoms with Crippen molar-refractivity contribution in [1.82, 2.24) is 15.0 Å². The lowest BCUT2D eigenvalue weighted by Gasteiger charge is -2.12. The molecule has 0 aliphatic carbocycles. The number of hydrogen-bond donors (Lipinski definition) is 3. The number of nitrogens with one attached hydrogen (secondary N) is 1. The molecule has 23 heavy (non-hydrogen) atoms. The Morgan fingerprint density at radius 2 is 1.83 bits per heavy atom. The van der Waals surface area contributed by atoms with E-state index in [4.69, 9.17) is 16.2 Å². The highest BCUT2D eigenvalue weighted by Crippen LogP contribution is 2.22. The van der Waals surface area contributed by atoms with E-state index in [1.807, 2.05) is 6.92 Å². The van der Waals surface area contributed by atoms with Crippen molar-refractivity contribution in [3.05, 3.63) is 24.3 Å². The Morgan fingerprint density at radius 1 is 1.22 bits per heavy atom. The smallest absolute Gasteiger partial charge is 0.237 e. The maximum atomic E-state index is 12.2. The summed E-state index contributed by atoms with van der Waals surface area (Å²) in [6.07, 6.45) is 0. The second-order valence-corrected chi connectivity index (χ2v) is 5.85. The summed E-state index contributed by atoms with van der Waals surface area (Å²) in [6, 6.07) is 7.15. The van der Waals surface area contributed by atoms with E-state index < -0.39 is 5.25 Å². The molecule has 1 atom stereocenters. The summed E-state index contributed by atoms with van der Waals surface area (Å²) in [6.45, 7) is 4.25. The van der Waals surface area contributed by atoms with E-state index in [1.54, 1.807) is 31.2 Å². The molecule has 9 heteroatoms. The van der Waals surface area contributed by atoms with E-state index in [2.05, 4.69) is 20.3 Å². The Hall–Kier alpha value is -2.55. The molecule has 5 N–H and O–H groups in total. The van der Waals surface area contributed by atoms with Gasteiger partial charge in [-0.05, 0) is 38.1 Å². The van der Waals surface area contributed by atoms with Gasteiger partial charge in [-0.15, -0.1) is 0 Å². The Labute approximate surface area is 138 Å². The zero-order valence-corrected chi connectivity index (χ0v) is 13.6. The van der Waals surface area contributed by atoms with E-state index in [0.29, 0.717) is 17.5 Å². The molecule has 0 saturated carbocycles. The van der Waals surface area contributed by atoms with Crippen molar-refractivity contribution in [1.29, 1.82) is 0 Å². The Kier molecular flexibility index (Phi) is 5.58. The largest absolute Gasteiger partial charge is 0.494 e. The van der Waals surface area contributed by atoms with Gasteiger partial charge in [0.2, 0.25) is 17.8 Å². The molecular weight excluding hydrogens is 316 g/mol. The minimum atomic E-state index is -0.428. The summed E-state index contributed by atoms with van der Waals surface area (Å²) in [5, 5.41) is 2.69. The maximum Gasteiger partial charge on any atom is 0.237 e. The molecular formula is C14H18N6O2S. The van der Waals surface area contributed by atoms with Crippen molar-refractivity contribution in [3.8, 4) is 5.75 Å². The van der Waals surface area contributed by atoms with E-state index >= 15 is 0 Å². The SMILES string of the molecule is CCOc1ccc(NC(=O)[C@@H](C)Sc2nc(N)nc(N)n2)cc1. The minimum absolute atomic E-state index is 0.0270. The lowest BCUT2D eigenvalue weighted by Crippen LogP contribution is -2.22. The van der Waals surface area contributed by atoms with Gasteiger partial charge in [0, 0.05) is 5.69 Å². The molecule has 0 spiro atoms. The van der Waals surface area contributed by atoms with Crippen molar-refractivity contribution in [3.63, 3.8) is 0 Å². The average Bonchev–Trinajstić information content (AvgIpc) is 2.48. The molecule has 0 unspecified atom stereocenters. The normalized spacial score (nSPS) is 11.7. The molecule has 1 aromatic heterocycles. The summed E-state index contributed by atoms with van der Waals surface area (Å²) in [5.74, 6) is 0.624. The highest BCUT2D eigenvalue weighted by Gasteiger charge is 2.17. The van der Waals surface area contributed by atoms with Gasteiger partial charge in [0.1, 0.15) is 5.75 Å². The molecule has 1 aromatic carbocycles. The minimum Gasteiger partial charge on any atom is -0.494 e. The molecule has 2 aromatic rings. The average molecular weight is 334 g/mol. The number of hydrogen-bond acceptors (Lipinski definition) is 8. The van der Waals surface area contributed by atoms with Crippen LogP contribution in [0, 0.1) is 0 Å². The third-order valence-corrected chi connectivity index (χ3v) is 3.69. The van der Waals surface area contributed by atoms with Crippen molar-refractivity contribution in [2.75, 3.05) is 23.4 Å². The molecule has 8 nitrogen and oxygen atoms in total. The van der Waals surface area contributed by atoms with Gasteiger partial charge in [-0.3, -0.25) is 4.79 Å². The van der Waals surface area contributed by atoms with Gasteiger partial charge in [0.25, 0.3) is 0 Å². The highest BCUT2D eigenvalue weighted by molar-refractivity contribution is 8.00. The van der Waals surface area contributed by atoms with E-state index in [0.717, 1.165) is 17.5 Å².